The molecule has 1 saturated heterocycles. The second-order valence-corrected chi connectivity index (χ2v) is 3.93. The fraction of sp³-hybridized carbons (Fsp3) is 0.636. The number of aliphatic hydroxyl groups excluding tert-OH is 1. The molecule has 3 heteroatoms. The minimum absolute atomic E-state index is 0.194. The molecule has 0 spiro atoms. The number of rotatable bonds is 2. The molecule has 0 radical (unpaired) electrons. The van der Waals surface area contributed by atoms with Crippen molar-refractivity contribution in [3.63, 3.8) is 0 Å². The van der Waals surface area contributed by atoms with E-state index in [0.29, 0.717) is 0 Å². The molecule has 2 N–H and O–H groups in total. The smallest absolute Gasteiger partial charge is 0.106 e. The number of nitrogens with one attached hydrogen (secondary N) is 1. The summed E-state index contributed by atoms with van der Waals surface area (Å²) in [6.45, 7) is 2.90. The average molecular weight is 195 g/mol. The van der Waals surface area contributed by atoms with Crippen LogP contribution in [0.1, 0.15) is 36.7 Å². The van der Waals surface area contributed by atoms with E-state index < -0.39 is 6.10 Å². The monoisotopic (exact) mass is 195 g/mol. The van der Waals surface area contributed by atoms with Crippen LogP contribution in [-0.2, 0) is 0 Å². The van der Waals surface area contributed by atoms with E-state index in [9.17, 15) is 5.11 Å². The summed E-state index contributed by atoms with van der Waals surface area (Å²) in [6, 6.07) is 2.05. The molecular weight excluding hydrogens is 178 g/mol. The van der Waals surface area contributed by atoms with Gasteiger partial charge in [0.2, 0.25) is 0 Å². The third-order valence-electron chi connectivity index (χ3n) is 2.95. The minimum Gasteiger partial charge on any atom is -0.469 e. The molecule has 1 aromatic rings. The van der Waals surface area contributed by atoms with Crippen LogP contribution in [0.4, 0.5) is 0 Å². The van der Waals surface area contributed by atoms with Crippen molar-refractivity contribution in [3.8, 4) is 0 Å². The van der Waals surface area contributed by atoms with Crippen LogP contribution < -0.4 is 5.32 Å². The molecule has 2 atom stereocenters. The lowest BCUT2D eigenvalue weighted by Gasteiger charge is -2.27. The van der Waals surface area contributed by atoms with Gasteiger partial charge in [-0.3, -0.25) is 0 Å². The molecule has 0 bridgehead atoms. The van der Waals surface area contributed by atoms with E-state index in [1.54, 1.807) is 6.26 Å². The average Bonchev–Trinajstić information content (AvgIpc) is 2.65. The van der Waals surface area contributed by atoms with Crippen molar-refractivity contribution >= 4 is 0 Å². The second-order valence-electron chi connectivity index (χ2n) is 3.93. The Labute approximate surface area is 84.1 Å². The van der Waals surface area contributed by atoms with Crippen molar-refractivity contribution in [1.29, 1.82) is 0 Å². The van der Waals surface area contributed by atoms with E-state index in [4.69, 9.17) is 4.42 Å². The maximum atomic E-state index is 10.1. The SMILES string of the molecule is Cc1occc1C(O)C1CCCCN1. The zero-order chi connectivity index (χ0) is 9.97. The van der Waals surface area contributed by atoms with Gasteiger partial charge in [-0.2, -0.15) is 0 Å². The Morgan fingerprint density at radius 1 is 1.57 bits per heavy atom. The van der Waals surface area contributed by atoms with Gasteiger partial charge in [0, 0.05) is 11.6 Å². The molecule has 2 rings (SSSR count). The molecule has 0 aromatic carbocycles. The Morgan fingerprint density at radius 2 is 2.43 bits per heavy atom. The fourth-order valence-electron chi connectivity index (χ4n) is 2.07. The standard InChI is InChI=1S/C11H17NO2/c1-8-9(5-7-14-8)11(13)10-4-2-3-6-12-10/h5,7,10-13H,2-4,6H2,1H3. The first-order chi connectivity index (χ1) is 6.79. The van der Waals surface area contributed by atoms with Gasteiger partial charge in [-0.15, -0.1) is 0 Å². The summed E-state index contributed by atoms with van der Waals surface area (Å²) in [5.41, 5.74) is 0.921. The molecular formula is C11H17NO2. The highest BCUT2D eigenvalue weighted by Crippen LogP contribution is 2.25. The van der Waals surface area contributed by atoms with Gasteiger partial charge in [-0.05, 0) is 32.4 Å². The van der Waals surface area contributed by atoms with Gasteiger partial charge in [0.05, 0.1) is 12.4 Å². The molecule has 14 heavy (non-hydrogen) atoms. The summed E-state index contributed by atoms with van der Waals surface area (Å²) in [4.78, 5) is 0. The Bertz CT molecular complexity index is 289. The van der Waals surface area contributed by atoms with Gasteiger partial charge in [0.15, 0.2) is 0 Å². The van der Waals surface area contributed by atoms with Crippen LogP contribution in [0.5, 0.6) is 0 Å². The Morgan fingerprint density at radius 3 is 3.00 bits per heavy atom. The van der Waals surface area contributed by atoms with Crippen molar-refractivity contribution < 1.29 is 9.52 Å². The van der Waals surface area contributed by atoms with Crippen molar-refractivity contribution in [2.24, 2.45) is 0 Å². The Kier molecular flexibility index (Phi) is 2.89. The van der Waals surface area contributed by atoms with Gasteiger partial charge < -0.3 is 14.8 Å². The van der Waals surface area contributed by atoms with E-state index in [2.05, 4.69) is 5.32 Å². The molecule has 0 amide bonds. The number of aliphatic hydroxyl groups is 1. The Hall–Kier alpha value is -0.800. The van der Waals surface area contributed by atoms with Gasteiger partial charge >= 0.3 is 0 Å². The quantitative estimate of drug-likeness (QED) is 0.756. The highest BCUT2D eigenvalue weighted by molar-refractivity contribution is 5.20. The summed E-state index contributed by atoms with van der Waals surface area (Å²) >= 11 is 0. The van der Waals surface area contributed by atoms with Crippen molar-refractivity contribution in [2.75, 3.05) is 6.54 Å². The van der Waals surface area contributed by atoms with E-state index in [1.807, 2.05) is 13.0 Å². The lowest BCUT2D eigenvalue weighted by molar-refractivity contribution is 0.112. The molecule has 0 saturated carbocycles. The largest absolute Gasteiger partial charge is 0.469 e. The van der Waals surface area contributed by atoms with Gasteiger partial charge in [0.25, 0.3) is 0 Å². The second kappa shape index (κ2) is 4.15. The van der Waals surface area contributed by atoms with Crippen molar-refractivity contribution in [3.05, 3.63) is 23.7 Å². The highest BCUT2D eigenvalue weighted by atomic mass is 16.3. The fourth-order valence-corrected chi connectivity index (χ4v) is 2.07. The van der Waals surface area contributed by atoms with E-state index in [0.717, 1.165) is 24.3 Å². The predicted octanol–water partition coefficient (Wildman–Crippen LogP) is 1.76. The number of hydrogen-bond donors (Lipinski definition) is 2. The topological polar surface area (TPSA) is 45.4 Å². The van der Waals surface area contributed by atoms with Gasteiger partial charge in [-0.1, -0.05) is 6.42 Å². The lowest BCUT2D eigenvalue weighted by atomic mass is 9.95. The Balaban J connectivity index is 2.07. The van der Waals surface area contributed by atoms with Crippen molar-refractivity contribution in [1.82, 2.24) is 5.32 Å². The molecule has 1 fully saturated rings. The lowest BCUT2D eigenvalue weighted by Crippen LogP contribution is -2.38. The van der Waals surface area contributed by atoms with E-state index in [1.165, 1.54) is 12.8 Å². The molecule has 0 aliphatic carbocycles. The zero-order valence-electron chi connectivity index (χ0n) is 8.49. The van der Waals surface area contributed by atoms with Crippen LogP contribution in [0.25, 0.3) is 0 Å². The molecule has 1 aliphatic heterocycles. The van der Waals surface area contributed by atoms with Gasteiger partial charge in [0.1, 0.15) is 5.76 Å². The van der Waals surface area contributed by atoms with Crippen LogP contribution in [0.3, 0.4) is 0 Å². The zero-order valence-corrected chi connectivity index (χ0v) is 8.49. The normalized spacial score (nSPS) is 24.9. The highest BCUT2D eigenvalue weighted by Gasteiger charge is 2.24. The predicted molar refractivity (Wildman–Crippen MR) is 54.0 cm³/mol. The number of piperidine rings is 1. The summed E-state index contributed by atoms with van der Waals surface area (Å²) in [7, 11) is 0. The first kappa shape index (κ1) is 9.74. The molecule has 1 aliphatic rings. The maximum Gasteiger partial charge on any atom is 0.106 e. The van der Waals surface area contributed by atoms with E-state index in [-0.39, 0.29) is 6.04 Å². The van der Waals surface area contributed by atoms with Crippen LogP contribution in [-0.4, -0.2) is 17.7 Å². The molecule has 78 valence electrons. The molecule has 2 unspecified atom stereocenters. The third-order valence-corrected chi connectivity index (χ3v) is 2.95. The number of aryl methyl sites for hydroxylation is 1. The van der Waals surface area contributed by atoms with Crippen LogP contribution >= 0.6 is 0 Å². The maximum absolute atomic E-state index is 10.1. The minimum atomic E-state index is -0.422. The summed E-state index contributed by atoms with van der Waals surface area (Å²) in [5, 5.41) is 13.4. The van der Waals surface area contributed by atoms with Crippen LogP contribution in [0, 0.1) is 6.92 Å². The van der Waals surface area contributed by atoms with Crippen molar-refractivity contribution in [2.45, 2.75) is 38.3 Å². The number of hydrogen-bond acceptors (Lipinski definition) is 3. The van der Waals surface area contributed by atoms with Gasteiger partial charge in [-0.25, -0.2) is 0 Å². The first-order valence-corrected chi connectivity index (χ1v) is 5.24. The molecule has 3 nitrogen and oxygen atoms in total. The van der Waals surface area contributed by atoms with Crippen LogP contribution in [0.15, 0.2) is 16.7 Å². The van der Waals surface area contributed by atoms with E-state index >= 15 is 0 Å². The summed E-state index contributed by atoms with van der Waals surface area (Å²) < 4.78 is 5.19. The number of furan rings is 1. The third kappa shape index (κ3) is 1.83. The molecule has 2 heterocycles. The molecule has 1 aromatic heterocycles. The summed E-state index contributed by atoms with van der Waals surface area (Å²) in [6.07, 6.45) is 4.68. The first-order valence-electron chi connectivity index (χ1n) is 5.24. The summed E-state index contributed by atoms with van der Waals surface area (Å²) in [5.74, 6) is 0.824. The van der Waals surface area contributed by atoms with Crippen LogP contribution in [0.2, 0.25) is 0 Å².